The van der Waals surface area contributed by atoms with Gasteiger partial charge in [0.2, 0.25) is 0 Å². The molecule has 0 saturated carbocycles. The zero-order chi connectivity index (χ0) is 12.3. The predicted octanol–water partition coefficient (Wildman–Crippen LogP) is 2.99. The van der Waals surface area contributed by atoms with E-state index in [2.05, 4.69) is 26.9 Å². The SMILES string of the molecule is O=C(O)C(CCc1ccc(Br)s1)N1CCCC1. The summed E-state index contributed by atoms with van der Waals surface area (Å²) >= 11 is 5.12. The third-order valence-corrected chi connectivity index (χ3v) is 4.84. The summed E-state index contributed by atoms with van der Waals surface area (Å²) in [6.45, 7) is 1.87. The molecule has 1 aliphatic heterocycles. The first-order valence-electron chi connectivity index (χ1n) is 5.88. The van der Waals surface area contributed by atoms with E-state index < -0.39 is 5.97 Å². The fraction of sp³-hybridized carbons (Fsp3) is 0.583. The van der Waals surface area contributed by atoms with Crippen LogP contribution in [0, 0.1) is 0 Å². The lowest BCUT2D eigenvalue weighted by Gasteiger charge is -2.23. The van der Waals surface area contributed by atoms with E-state index in [1.165, 1.54) is 4.88 Å². The third-order valence-electron chi connectivity index (χ3n) is 3.16. The number of aliphatic carboxylic acids is 1. The van der Waals surface area contributed by atoms with Crippen molar-refractivity contribution in [2.24, 2.45) is 0 Å². The van der Waals surface area contributed by atoms with Crippen LogP contribution in [0.15, 0.2) is 15.9 Å². The Morgan fingerprint density at radius 2 is 2.18 bits per heavy atom. The Morgan fingerprint density at radius 1 is 1.47 bits per heavy atom. The van der Waals surface area contributed by atoms with E-state index in [0.29, 0.717) is 6.42 Å². The van der Waals surface area contributed by atoms with Crippen LogP contribution in [0.1, 0.15) is 24.1 Å². The zero-order valence-electron chi connectivity index (χ0n) is 9.56. The highest BCUT2D eigenvalue weighted by Crippen LogP contribution is 2.24. The number of thiophene rings is 1. The zero-order valence-corrected chi connectivity index (χ0v) is 12.0. The van der Waals surface area contributed by atoms with Crippen molar-refractivity contribution in [2.75, 3.05) is 13.1 Å². The number of carbonyl (C=O) groups is 1. The van der Waals surface area contributed by atoms with Gasteiger partial charge in [0.15, 0.2) is 0 Å². The number of nitrogens with zero attached hydrogens (tertiary/aromatic N) is 1. The molecule has 3 nitrogen and oxygen atoms in total. The molecule has 1 aliphatic rings. The number of hydrogen-bond acceptors (Lipinski definition) is 3. The van der Waals surface area contributed by atoms with Crippen LogP contribution < -0.4 is 0 Å². The Labute approximate surface area is 114 Å². The van der Waals surface area contributed by atoms with Gasteiger partial charge in [-0.15, -0.1) is 11.3 Å². The molecule has 0 amide bonds. The molecule has 1 N–H and O–H groups in total. The van der Waals surface area contributed by atoms with E-state index in [-0.39, 0.29) is 6.04 Å². The fourth-order valence-electron chi connectivity index (χ4n) is 2.28. The van der Waals surface area contributed by atoms with E-state index in [1.54, 1.807) is 11.3 Å². The van der Waals surface area contributed by atoms with Crippen molar-refractivity contribution < 1.29 is 9.90 Å². The number of carboxylic acid groups (broad SMARTS) is 1. The molecule has 1 aromatic rings. The summed E-state index contributed by atoms with van der Waals surface area (Å²) in [5.41, 5.74) is 0. The number of carboxylic acids is 1. The molecule has 1 atom stereocenters. The topological polar surface area (TPSA) is 40.5 Å². The van der Waals surface area contributed by atoms with Crippen LogP contribution in [-0.2, 0) is 11.2 Å². The van der Waals surface area contributed by atoms with E-state index in [9.17, 15) is 9.90 Å². The van der Waals surface area contributed by atoms with Gasteiger partial charge < -0.3 is 5.11 Å². The molecule has 2 rings (SSSR count). The molecule has 0 aliphatic carbocycles. The lowest BCUT2D eigenvalue weighted by atomic mass is 10.1. The van der Waals surface area contributed by atoms with E-state index in [1.807, 2.05) is 6.07 Å². The predicted molar refractivity (Wildman–Crippen MR) is 72.6 cm³/mol. The van der Waals surface area contributed by atoms with Gasteiger partial charge in [0.05, 0.1) is 3.79 Å². The number of halogens is 1. The normalized spacial score (nSPS) is 18.4. The molecule has 0 bridgehead atoms. The summed E-state index contributed by atoms with van der Waals surface area (Å²) in [4.78, 5) is 14.6. The Kier molecular flexibility index (Phi) is 4.59. The maximum atomic E-state index is 11.3. The molecule has 5 heteroatoms. The van der Waals surface area contributed by atoms with E-state index in [4.69, 9.17) is 0 Å². The number of hydrogen-bond donors (Lipinski definition) is 1. The van der Waals surface area contributed by atoms with Crippen molar-refractivity contribution in [2.45, 2.75) is 31.7 Å². The van der Waals surface area contributed by atoms with Crippen molar-refractivity contribution in [1.29, 1.82) is 0 Å². The van der Waals surface area contributed by atoms with Crippen LogP contribution in [0.25, 0.3) is 0 Å². The van der Waals surface area contributed by atoms with Crippen LogP contribution in [0.2, 0.25) is 0 Å². The monoisotopic (exact) mass is 317 g/mol. The minimum absolute atomic E-state index is 0.307. The molecule has 2 heterocycles. The average molecular weight is 318 g/mol. The van der Waals surface area contributed by atoms with Gasteiger partial charge in [0, 0.05) is 4.88 Å². The molecule has 1 aromatic heterocycles. The van der Waals surface area contributed by atoms with Gasteiger partial charge in [-0.05, 0) is 66.8 Å². The highest BCUT2D eigenvalue weighted by Gasteiger charge is 2.27. The molecule has 1 saturated heterocycles. The van der Waals surface area contributed by atoms with E-state index in [0.717, 1.165) is 36.1 Å². The summed E-state index contributed by atoms with van der Waals surface area (Å²) in [5, 5.41) is 9.27. The fourth-order valence-corrected chi connectivity index (χ4v) is 3.78. The molecule has 1 unspecified atom stereocenters. The Hall–Kier alpha value is -0.390. The Bertz CT molecular complexity index is 388. The maximum Gasteiger partial charge on any atom is 0.320 e. The molecule has 0 radical (unpaired) electrons. The first-order chi connectivity index (χ1) is 8.16. The third kappa shape index (κ3) is 3.53. The minimum atomic E-state index is -0.678. The molecule has 17 heavy (non-hydrogen) atoms. The van der Waals surface area contributed by atoms with Crippen molar-refractivity contribution in [3.05, 3.63) is 20.8 Å². The van der Waals surface area contributed by atoms with Gasteiger partial charge in [0.1, 0.15) is 6.04 Å². The van der Waals surface area contributed by atoms with Gasteiger partial charge in [0.25, 0.3) is 0 Å². The Balaban J connectivity index is 1.91. The summed E-state index contributed by atoms with van der Waals surface area (Å²) in [7, 11) is 0. The van der Waals surface area contributed by atoms with Crippen molar-refractivity contribution in [1.82, 2.24) is 4.90 Å². The maximum absolute atomic E-state index is 11.3. The van der Waals surface area contributed by atoms with Crippen LogP contribution in [0.5, 0.6) is 0 Å². The molecule has 1 fully saturated rings. The number of likely N-dealkylation sites (tertiary alicyclic amines) is 1. The van der Waals surface area contributed by atoms with Crippen molar-refractivity contribution in [3.63, 3.8) is 0 Å². The number of rotatable bonds is 5. The molecular weight excluding hydrogens is 302 g/mol. The van der Waals surface area contributed by atoms with Crippen LogP contribution >= 0.6 is 27.3 Å². The lowest BCUT2D eigenvalue weighted by Crippen LogP contribution is -2.39. The average Bonchev–Trinajstić information content (AvgIpc) is 2.90. The Morgan fingerprint density at radius 3 is 2.71 bits per heavy atom. The van der Waals surface area contributed by atoms with Gasteiger partial charge in [-0.25, -0.2) is 0 Å². The summed E-state index contributed by atoms with van der Waals surface area (Å²) in [5.74, 6) is -0.678. The quantitative estimate of drug-likeness (QED) is 0.907. The standard InChI is InChI=1S/C12H16BrNO2S/c13-11-6-4-9(17-11)3-5-10(12(15)16)14-7-1-2-8-14/h4,6,10H,1-3,5,7-8H2,(H,15,16). The number of aryl methyl sites for hydroxylation is 1. The van der Waals surface area contributed by atoms with Gasteiger partial charge in [-0.2, -0.15) is 0 Å². The second-order valence-electron chi connectivity index (χ2n) is 4.34. The second kappa shape index (κ2) is 5.98. The molecule has 0 spiro atoms. The molecule has 0 aromatic carbocycles. The van der Waals surface area contributed by atoms with Gasteiger partial charge in [-0.3, -0.25) is 9.69 Å². The van der Waals surface area contributed by atoms with Crippen molar-refractivity contribution >= 4 is 33.2 Å². The lowest BCUT2D eigenvalue weighted by molar-refractivity contribution is -0.143. The smallest absolute Gasteiger partial charge is 0.320 e. The highest BCUT2D eigenvalue weighted by atomic mass is 79.9. The minimum Gasteiger partial charge on any atom is -0.480 e. The van der Waals surface area contributed by atoms with Crippen LogP contribution in [-0.4, -0.2) is 35.1 Å². The summed E-state index contributed by atoms with van der Waals surface area (Å²) in [6, 6.07) is 3.78. The summed E-state index contributed by atoms with van der Waals surface area (Å²) in [6.07, 6.45) is 3.83. The van der Waals surface area contributed by atoms with Crippen LogP contribution in [0.3, 0.4) is 0 Å². The largest absolute Gasteiger partial charge is 0.480 e. The summed E-state index contributed by atoms with van der Waals surface area (Å²) < 4.78 is 1.11. The first-order valence-corrected chi connectivity index (χ1v) is 7.49. The second-order valence-corrected chi connectivity index (χ2v) is 6.89. The molecule has 94 valence electrons. The van der Waals surface area contributed by atoms with Crippen molar-refractivity contribution in [3.8, 4) is 0 Å². The van der Waals surface area contributed by atoms with E-state index >= 15 is 0 Å². The van der Waals surface area contributed by atoms with Gasteiger partial charge >= 0.3 is 5.97 Å². The van der Waals surface area contributed by atoms with Gasteiger partial charge in [-0.1, -0.05) is 0 Å². The highest BCUT2D eigenvalue weighted by molar-refractivity contribution is 9.11. The molecular formula is C12H16BrNO2S. The van der Waals surface area contributed by atoms with Crippen LogP contribution in [0.4, 0.5) is 0 Å². The first kappa shape index (κ1) is 13.1.